The van der Waals surface area contributed by atoms with Gasteiger partial charge in [0.25, 0.3) is 5.91 Å². The molecule has 0 bridgehead atoms. The number of piperazine rings is 1. The smallest absolute Gasteiger partial charge is 0.368 e. The van der Waals surface area contributed by atoms with Gasteiger partial charge in [-0.25, -0.2) is 4.98 Å². The van der Waals surface area contributed by atoms with Crippen molar-refractivity contribution < 1.29 is 18.0 Å². The molecule has 4 aromatic rings. The second-order valence-corrected chi connectivity index (χ2v) is 10.3. The highest BCUT2D eigenvalue weighted by atomic mass is 79.9. The molecule has 0 radical (unpaired) electrons. The first kappa shape index (κ1) is 25.3. The van der Waals surface area contributed by atoms with Crippen molar-refractivity contribution >= 4 is 38.4 Å². The first-order valence-electron chi connectivity index (χ1n) is 12.0. The highest BCUT2D eigenvalue weighted by molar-refractivity contribution is 9.10. The zero-order valence-electron chi connectivity index (χ0n) is 20.4. The molecule has 1 fully saturated rings. The molecule has 1 saturated heterocycles. The summed E-state index contributed by atoms with van der Waals surface area (Å²) in [5, 5.41) is 0.757. The van der Waals surface area contributed by atoms with Crippen LogP contribution in [0.1, 0.15) is 27.0 Å². The number of hydrogen-bond donors (Lipinski definition) is 0. The van der Waals surface area contributed by atoms with E-state index in [1.807, 2.05) is 48.2 Å². The molecule has 4 nitrogen and oxygen atoms in total. The summed E-state index contributed by atoms with van der Waals surface area (Å²) in [4.78, 5) is 22.3. The van der Waals surface area contributed by atoms with Gasteiger partial charge in [0.1, 0.15) is 0 Å². The molecular formula is C29H25BrF3N3O. The van der Waals surface area contributed by atoms with Gasteiger partial charge in [-0.3, -0.25) is 4.79 Å². The molecule has 0 saturated carbocycles. The van der Waals surface area contributed by atoms with E-state index in [-0.39, 0.29) is 5.91 Å². The van der Waals surface area contributed by atoms with Gasteiger partial charge in [0.15, 0.2) is 0 Å². The van der Waals surface area contributed by atoms with Crippen molar-refractivity contribution in [3.8, 4) is 11.3 Å². The molecule has 1 aliphatic rings. The van der Waals surface area contributed by atoms with Crippen molar-refractivity contribution in [1.29, 1.82) is 0 Å². The van der Waals surface area contributed by atoms with Crippen molar-refractivity contribution in [3.63, 3.8) is 0 Å². The van der Waals surface area contributed by atoms with E-state index in [9.17, 15) is 18.0 Å². The fourth-order valence-electron chi connectivity index (χ4n) is 4.64. The topological polar surface area (TPSA) is 36.4 Å². The molecule has 0 unspecified atom stereocenters. The summed E-state index contributed by atoms with van der Waals surface area (Å²) >= 11 is 3.51. The number of pyridine rings is 1. The maximum absolute atomic E-state index is 13.8. The van der Waals surface area contributed by atoms with E-state index in [0.29, 0.717) is 37.4 Å². The number of anilines is 1. The average Bonchev–Trinajstić information content (AvgIpc) is 2.89. The van der Waals surface area contributed by atoms with Gasteiger partial charge in [-0.1, -0.05) is 34.1 Å². The zero-order chi connectivity index (χ0) is 26.3. The van der Waals surface area contributed by atoms with E-state index in [0.717, 1.165) is 38.3 Å². The zero-order valence-corrected chi connectivity index (χ0v) is 22.0. The number of fused-ring (bicyclic) bond motifs is 1. The Morgan fingerprint density at radius 3 is 2.35 bits per heavy atom. The van der Waals surface area contributed by atoms with Gasteiger partial charge in [-0.15, -0.1) is 0 Å². The van der Waals surface area contributed by atoms with Gasteiger partial charge in [0, 0.05) is 47.3 Å². The Bertz CT molecular complexity index is 1490. The Hall–Kier alpha value is -3.39. The van der Waals surface area contributed by atoms with Gasteiger partial charge in [-0.2, -0.15) is 13.2 Å². The normalized spacial score (nSPS) is 14.3. The minimum atomic E-state index is -4.39. The molecule has 5 rings (SSSR count). The van der Waals surface area contributed by atoms with Gasteiger partial charge >= 0.3 is 6.18 Å². The highest BCUT2D eigenvalue weighted by Gasteiger charge is 2.31. The highest BCUT2D eigenvalue weighted by Crippen LogP contribution is 2.33. The van der Waals surface area contributed by atoms with Crippen LogP contribution in [0.25, 0.3) is 22.2 Å². The van der Waals surface area contributed by atoms with Crippen LogP contribution in [0.4, 0.5) is 18.9 Å². The van der Waals surface area contributed by atoms with Crippen molar-refractivity contribution in [3.05, 3.63) is 93.5 Å². The molecule has 0 spiro atoms. The molecular weight excluding hydrogens is 543 g/mol. The second kappa shape index (κ2) is 9.82. The van der Waals surface area contributed by atoms with Crippen LogP contribution in [-0.2, 0) is 6.18 Å². The van der Waals surface area contributed by atoms with E-state index >= 15 is 0 Å². The van der Waals surface area contributed by atoms with Crippen LogP contribution in [0.15, 0.2) is 71.2 Å². The Kier molecular flexibility index (Phi) is 6.70. The average molecular weight is 568 g/mol. The summed E-state index contributed by atoms with van der Waals surface area (Å²) in [6.45, 7) is 5.82. The Labute approximate surface area is 221 Å². The van der Waals surface area contributed by atoms with Crippen LogP contribution in [0.5, 0.6) is 0 Å². The Morgan fingerprint density at radius 2 is 1.65 bits per heavy atom. The lowest BCUT2D eigenvalue weighted by Gasteiger charge is -2.36. The molecule has 3 aromatic carbocycles. The predicted molar refractivity (Wildman–Crippen MR) is 144 cm³/mol. The number of halogens is 4. The van der Waals surface area contributed by atoms with Crippen LogP contribution in [-0.4, -0.2) is 42.0 Å². The molecule has 1 aliphatic heterocycles. The Balaban J connectivity index is 1.44. The molecule has 1 amide bonds. The summed E-state index contributed by atoms with van der Waals surface area (Å²) in [7, 11) is 0. The minimum Gasteiger partial charge on any atom is -0.368 e. The first-order chi connectivity index (χ1) is 17.6. The summed E-state index contributed by atoms with van der Waals surface area (Å²) in [6, 6.07) is 19.0. The number of hydrogen-bond acceptors (Lipinski definition) is 3. The fraction of sp³-hybridized carbons (Fsp3) is 0.241. The third kappa shape index (κ3) is 5.21. The molecule has 1 aromatic heterocycles. The molecule has 0 atom stereocenters. The molecule has 0 aliphatic carbocycles. The van der Waals surface area contributed by atoms with Crippen molar-refractivity contribution in [2.75, 3.05) is 31.1 Å². The van der Waals surface area contributed by atoms with Crippen LogP contribution in [0, 0.1) is 13.8 Å². The van der Waals surface area contributed by atoms with Crippen molar-refractivity contribution in [2.45, 2.75) is 20.0 Å². The number of rotatable bonds is 3. The van der Waals surface area contributed by atoms with Gasteiger partial charge in [0.2, 0.25) is 0 Å². The van der Waals surface area contributed by atoms with Gasteiger partial charge in [-0.05, 0) is 73.5 Å². The molecule has 8 heteroatoms. The summed E-state index contributed by atoms with van der Waals surface area (Å²) in [6.07, 6.45) is -4.39. The fourth-order valence-corrected chi connectivity index (χ4v) is 5.00. The number of aryl methyl sites for hydroxylation is 2. The molecule has 37 heavy (non-hydrogen) atoms. The number of benzene rings is 3. The standard InChI is InChI=1S/C29H25BrF3N3O/c1-18-6-7-20(14-19(18)2)27-17-25(24-16-22(30)8-9-26(24)34-27)28(37)36-12-10-35(11-13-36)23-5-3-4-21(15-23)29(31,32)33/h3-9,14-17H,10-13H2,1-2H3. The molecule has 0 N–H and O–H groups in total. The van der Waals surface area contributed by atoms with Crippen LogP contribution < -0.4 is 4.90 Å². The maximum Gasteiger partial charge on any atom is 0.416 e. The monoisotopic (exact) mass is 567 g/mol. The predicted octanol–water partition coefficient (Wildman–Crippen LogP) is 7.26. The number of nitrogens with zero attached hydrogens (tertiary/aromatic N) is 3. The van der Waals surface area contributed by atoms with Crippen LogP contribution in [0.2, 0.25) is 0 Å². The second-order valence-electron chi connectivity index (χ2n) is 9.34. The van der Waals surface area contributed by atoms with Gasteiger partial charge < -0.3 is 9.80 Å². The SMILES string of the molecule is Cc1ccc(-c2cc(C(=O)N3CCN(c4cccc(C(F)(F)F)c4)CC3)c3cc(Br)ccc3n2)cc1C. The number of amides is 1. The van der Waals surface area contributed by atoms with Crippen LogP contribution in [0.3, 0.4) is 0 Å². The molecule has 2 heterocycles. The number of carbonyl (C=O) groups excluding carboxylic acids is 1. The van der Waals surface area contributed by atoms with E-state index in [2.05, 4.69) is 28.9 Å². The van der Waals surface area contributed by atoms with E-state index in [4.69, 9.17) is 4.98 Å². The lowest BCUT2D eigenvalue weighted by Crippen LogP contribution is -2.48. The lowest BCUT2D eigenvalue weighted by atomic mass is 10.00. The number of alkyl halides is 3. The summed E-state index contributed by atoms with van der Waals surface area (Å²) < 4.78 is 40.3. The first-order valence-corrected chi connectivity index (χ1v) is 12.8. The number of carbonyl (C=O) groups is 1. The quantitative estimate of drug-likeness (QED) is 0.261. The molecule has 190 valence electrons. The maximum atomic E-state index is 13.8. The third-order valence-corrected chi connectivity index (χ3v) is 7.40. The van der Waals surface area contributed by atoms with Crippen LogP contribution >= 0.6 is 15.9 Å². The van der Waals surface area contributed by atoms with Crippen molar-refractivity contribution in [2.24, 2.45) is 0 Å². The van der Waals surface area contributed by atoms with Crippen molar-refractivity contribution in [1.82, 2.24) is 9.88 Å². The summed E-state index contributed by atoms with van der Waals surface area (Å²) in [5.41, 5.74) is 5.13. The number of aromatic nitrogens is 1. The Morgan fingerprint density at radius 1 is 0.892 bits per heavy atom. The minimum absolute atomic E-state index is 0.112. The van der Waals surface area contributed by atoms with E-state index in [1.165, 1.54) is 17.7 Å². The van der Waals surface area contributed by atoms with E-state index < -0.39 is 11.7 Å². The van der Waals surface area contributed by atoms with E-state index in [1.54, 1.807) is 11.0 Å². The van der Waals surface area contributed by atoms with Gasteiger partial charge in [0.05, 0.1) is 22.3 Å². The lowest BCUT2D eigenvalue weighted by molar-refractivity contribution is -0.137. The third-order valence-electron chi connectivity index (χ3n) is 6.91. The summed E-state index contributed by atoms with van der Waals surface area (Å²) in [5.74, 6) is -0.112. The largest absolute Gasteiger partial charge is 0.416 e.